The van der Waals surface area contributed by atoms with Crippen molar-refractivity contribution in [3.63, 3.8) is 0 Å². The molecule has 20 heavy (non-hydrogen) atoms. The quantitative estimate of drug-likeness (QED) is 0.833. The number of rotatable bonds is 3. The highest BCUT2D eigenvalue weighted by Crippen LogP contribution is 2.19. The van der Waals surface area contributed by atoms with E-state index >= 15 is 0 Å². The Morgan fingerprint density at radius 3 is 2.65 bits per heavy atom. The molecule has 1 aromatic rings. The number of pyridine rings is 1. The Labute approximate surface area is 119 Å². The number of piperidine rings is 1. The van der Waals surface area contributed by atoms with Gasteiger partial charge in [-0.25, -0.2) is 4.98 Å². The lowest BCUT2D eigenvalue weighted by Gasteiger charge is -2.33. The first-order chi connectivity index (χ1) is 9.60. The van der Waals surface area contributed by atoms with Crippen molar-refractivity contribution >= 4 is 5.91 Å². The Morgan fingerprint density at radius 2 is 2.15 bits per heavy atom. The maximum atomic E-state index is 12.3. The third-order valence-electron chi connectivity index (χ3n) is 3.64. The molecule has 2 rings (SSSR count). The third kappa shape index (κ3) is 3.55. The maximum Gasteiger partial charge on any atom is 0.272 e. The molecule has 5 heteroatoms. The van der Waals surface area contributed by atoms with Gasteiger partial charge >= 0.3 is 0 Å². The van der Waals surface area contributed by atoms with Crippen molar-refractivity contribution in [1.82, 2.24) is 14.8 Å². The molecule has 0 aromatic carbocycles. The molecule has 5 nitrogen and oxygen atoms in total. The molecule has 0 unspecified atom stereocenters. The van der Waals surface area contributed by atoms with Gasteiger partial charge in [0, 0.05) is 25.8 Å². The highest BCUT2D eigenvalue weighted by atomic mass is 16.2. The predicted molar refractivity (Wildman–Crippen MR) is 76.1 cm³/mol. The highest BCUT2D eigenvalue weighted by Gasteiger charge is 2.24. The van der Waals surface area contributed by atoms with Crippen LogP contribution in [0.2, 0.25) is 0 Å². The monoisotopic (exact) mass is 272 g/mol. The second-order valence-electron chi connectivity index (χ2n) is 5.54. The summed E-state index contributed by atoms with van der Waals surface area (Å²) in [7, 11) is 4.16. The third-order valence-corrected chi connectivity index (χ3v) is 3.64. The normalized spacial score (nSPS) is 16.2. The van der Waals surface area contributed by atoms with Gasteiger partial charge in [0.05, 0.1) is 5.56 Å². The first-order valence-corrected chi connectivity index (χ1v) is 6.90. The van der Waals surface area contributed by atoms with Crippen LogP contribution in [0.3, 0.4) is 0 Å². The molecule has 1 amide bonds. The van der Waals surface area contributed by atoms with Crippen LogP contribution in [0.25, 0.3) is 0 Å². The molecule has 1 aliphatic heterocycles. The van der Waals surface area contributed by atoms with E-state index in [9.17, 15) is 4.79 Å². The van der Waals surface area contributed by atoms with Crippen LogP contribution < -0.4 is 0 Å². The first kappa shape index (κ1) is 14.5. The summed E-state index contributed by atoms with van der Waals surface area (Å²) in [6.45, 7) is 2.66. The molecule has 1 aliphatic rings. The van der Waals surface area contributed by atoms with E-state index in [1.54, 1.807) is 12.1 Å². The second kappa shape index (κ2) is 6.49. The standard InChI is InChI=1S/C15H20N4O/c1-18(2)11-12-5-7-19(8-6-12)15(20)14-4-3-13(9-16)10-17-14/h3-4,10,12H,5-8,11H2,1-2H3. The van der Waals surface area contributed by atoms with E-state index in [0.717, 1.165) is 32.5 Å². The zero-order chi connectivity index (χ0) is 14.5. The Kier molecular flexibility index (Phi) is 4.70. The second-order valence-corrected chi connectivity index (χ2v) is 5.54. The molecule has 0 radical (unpaired) electrons. The van der Waals surface area contributed by atoms with E-state index in [4.69, 9.17) is 5.26 Å². The molecule has 2 heterocycles. The molecule has 0 bridgehead atoms. The lowest BCUT2D eigenvalue weighted by molar-refractivity contribution is 0.0672. The van der Waals surface area contributed by atoms with Gasteiger partial charge in [-0.2, -0.15) is 5.26 Å². The van der Waals surface area contributed by atoms with Gasteiger partial charge < -0.3 is 9.80 Å². The number of nitrogens with zero attached hydrogens (tertiary/aromatic N) is 4. The molecule has 0 aliphatic carbocycles. The lowest BCUT2D eigenvalue weighted by Crippen LogP contribution is -2.40. The number of carbonyl (C=O) groups is 1. The molecular formula is C15H20N4O. The summed E-state index contributed by atoms with van der Waals surface area (Å²) in [5, 5.41) is 8.73. The van der Waals surface area contributed by atoms with Crippen LogP contribution >= 0.6 is 0 Å². The number of aromatic nitrogens is 1. The van der Waals surface area contributed by atoms with Gasteiger partial charge in [-0.15, -0.1) is 0 Å². The largest absolute Gasteiger partial charge is 0.337 e. The topological polar surface area (TPSA) is 60.2 Å². The van der Waals surface area contributed by atoms with Gasteiger partial charge in [-0.1, -0.05) is 0 Å². The summed E-state index contributed by atoms with van der Waals surface area (Å²) in [6, 6.07) is 5.27. The van der Waals surface area contributed by atoms with Crippen molar-refractivity contribution in [1.29, 1.82) is 5.26 Å². The average Bonchev–Trinajstić information content (AvgIpc) is 2.47. The van der Waals surface area contributed by atoms with Gasteiger partial charge in [0.2, 0.25) is 0 Å². The van der Waals surface area contributed by atoms with Crippen molar-refractivity contribution in [2.45, 2.75) is 12.8 Å². The van der Waals surface area contributed by atoms with Crippen LogP contribution in [0.1, 0.15) is 28.9 Å². The fourth-order valence-corrected chi connectivity index (χ4v) is 2.58. The average molecular weight is 272 g/mol. The van der Waals surface area contributed by atoms with Crippen LogP contribution in [0, 0.1) is 17.2 Å². The Hall–Kier alpha value is -1.93. The molecule has 0 spiro atoms. The number of likely N-dealkylation sites (tertiary alicyclic amines) is 1. The smallest absolute Gasteiger partial charge is 0.272 e. The Balaban J connectivity index is 1.92. The summed E-state index contributed by atoms with van der Waals surface area (Å²) in [4.78, 5) is 20.4. The molecule has 0 N–H and O–H groups in total. The van der Waals surface area contributed by atoms with E-state index in [2.05, 4.69) is 24.0 Å². The van der Waals surface area contributed by atoms with E-state index in [0.29, 0.717) is 17.2 Å². The van der Waals surface area contributed by atoms with E-state index < -0.39 is 0 Å². The number of amides is 1. The Morgan fingerprint density at radius 1 is 1.45 bits per heavy atom. The fraction of sp³-hybridized carbons (Fsp3) is 0.533. The van der Waals surface area contributed by atoms with Crippen LogP contribution in [0.4, 0.5) is 0 Å². The molecule has 1 saturated heterocycles. The van der Waals surface area contributed by atoms with Gasteiger partial charge in [0.25, 0.3) is 5.91 Å². The molecule has 0 saturated carbocycles. The minimum absolute atomic E-state index is 0.0298. The summed E-state index contributed by atoms with van der Waals surface area (Å²) in [6.07, 6.45) is 3.53. The SMILES string of the molecule is CN(C)CC1CCN(C(=O)c2ccc(C#N)cn2)CC1. The summed E-state index contributed by atoms with van der Waals surface area (Å²) in [5.41, 5.74) is 0.904. The summed E-state index contributed by atoms with van der Waals surface area (Å²) < 4.78 is 0. The molecule has 0 atom stereocenters. The highest BCUT2D eigenvalue weighted by molar-refractivity contribution is 5.92. The van der Waals surface area contributed by atoms with E-state index in [1.807, 2.05) is 11.0 Å². The van der Waals surface area contributed by atoms with Crippen molar-refractivity contribution in [3.8, 4) is 6.07 Å². The summed E-state index contributed by atoms with van der Waals surface area (Å²) in [5.74, 6) is 0.640. The van der Waals surface area contributed by atoms with Gasteiger partial charge in [0.15, 0.2) is 0 Å². The Bertz CT molecular complexity index is 496. The fourth-order valence-electron chi connectivity index (χ4n) is 2.58. The summed E-state index contributed by atoms with van der Waals surface area (Å²) >= 11 is 0. The number of nitriles is 1. The van der Waals surface area contributed by atoms with Crippen molar-refractivity contribution < 1.29 is 4.79 Å². The number of hydrogen-bond donors (Lipinski definition) is 0. The van der Waals surface area contributed by atoms with Crippen LogP contribution in [-0.2, 0) is 0 Å². The van der Waals surface area contributed by atoms with Gasteiger partial charge in [-0.3, -0.25) is 4.79 Å². The molecule has 1 aromatic heterocycles. The van der Waals surface area contributed by atoms with E-state index in [1.165, 1.54) is 6.20 Å². The molecule has 1 fully saturated rings. The van der Waals surface area contributed by atoms with Gasteiger partial charge in [-0.05, 0) is 45.0 Å². The zero-order valence-electron chi connectivity index (χ0n) is 12.0. The van der Waals surface area contributed by atoms with Gasteiger partial charge in [0.1, 0.15) is 11.8 Å². The molecule has 106 valence electrons. The van der Waals surface area contributed by atoms with Crippen LogP contribution in [0.5, 0.6) is 0 Å². The van der Waals surface area contributed by atoms with Crippen molar-refractivity contribution in [3.05, 3.63) is 29.6 Å². The minimum atomic E-state index is -0.0298. The van der Waals surface area contributed by atoms with Crippen molar-refractivity contribution in [2.24, 2.45) is 5.92 Å². The van der Waals surface area contributed by atoms with Crippen molar-refractivity contribution in [2.75, 3.05) is 33.7 Å². The van der Waals surface area contributed by atoms with Crippen LogP contribution in [-0.4, -0.2) is 54.4 Å². The number of hydrogen-bond acceptors (Lipinski definition) is 4. The maximum absolute atomic E-state index is 12.3. The first-order valence-electron chi connectivity index (χ1n) is 6.90. The zero-order valence-corrected chi connectivity index (χ0v) is 12.0. The number of carbonyl (C=O) groups excluding carboxylic acids is 1. The predicted octanol–water partition coefficient (Wildman–Crippen LogP) is 1.37. The lowest BCUT2D eigenvalue weighted by atomic mass is 9.96. The minimum Gasteiger partial charge on any atom is -0.337 e. The van der Waals surface area contributed by atoms with Crippen LogP contribution in [0.15, 0.2) is 18.3 Å². The molecular weight excluding hydrogens is 252 g/mol. The van der Waals surface area contributed by atoms with E-state index in [-0.39, 0.29) is 5.91 Å².